The van der Waals surface area contributed by atoms with Crippen LogP contribution in [0.5, 0.6) is 0 Å². The van der Waals surface area contributed by atoms with Gasteiger partial charge in [0.05, 0.1) is 6.54 Å². The van der Waals surface area contributed by atoms with Crippen molar-refractivity contribution in [2.45, 2.75) is 32.5 Å². The van der Waals surface area contributed by atoms with Gasteiger partial charge in [-0.05, 0) is 31.0 Å². The first kappa shape index (κ1) is 16.6. The molecule has 0 fully saturated rings. The zero-order valence-electron chi connectivity index (χ0n) is 13.9. The van der Waals surface area contributed by atoms with Crippen molar-refractivity contribution in [3.05, 3.63) is 55.0 Å². The summed E-state index contributed by atoms with van der Waals surface area (Å²) in [5, 5.41) is 13.9. The minimum atomic E-state index is -0.299. The fraction of sp³-hybridized carbons (Fsp3) is 0.312. The quantitative estimate of drug-likeness (QED) is 0.675. The molecule has 9 nitrogen and oxygen atoms in total. The second-order valence-corrected chi connectivity index (χ2v) is 5.69. The number of urea groups is 1. The average Bonchev–Trinajstić information content (AvgIpc) is 3.25. The Bertz CT molecular complexity index is 784. The molecule has 3 rings (SSSR count). The van der Waals surface area contributed by atoms with Crippen molar-refractivity contribution < 1.29 is 4.79 Å². The lowest BCUT2D eigenvalue weighted by Crippen LogP contribution is -2.38. The number of hydrogen-bond acceptors (Lipinski definition) is 5. The molecule has 0 aliphatic heterocycles. The predicted molar refractivity (Wildman–Crippen MR) is 91.8 cm³/mol. The SMILES string of the molecule is C[C@@H](Cn1cncn1)NC(=O)Nc1ccn(CCc2ccncc2)n1. The number of nitrogens with one attached hydrogen (secondary N) is 2. The van der Waals surface area contributed by atoms with Crippen LogP contribution < -0.4 is 10.6 Å². The van der Waals surface area contributed by atoms with Crippen LogP contribution in [0, 0.1) is 0 Å². The molecule has 0 saturated heterocycles. The Morgan fingerprint density at radius 1 is 1.20 bits per heavy atom. The van der Waals surface area contributed by atoms with E-state index < -0.39 is 0 Å². The van der Waals surface area contributed by atoms with Gasteiger partial charge in [-0.1, -0.05) is 0 Å². The highest BCUT2D eigenvalue weighted by molar-refractivity contribution is 5.88. The topological polar surface area (TPSA) is 103 Å². The molecule has 0 unspecified atom stereocenters. The molecule has 3 aromatic heterocycles. The zero-order valence-corrected chi connectivity index (χ0v) is 13.9. The maximum absolute atomic E-state index is 12.0. The van der Waals surface area contributed by atoms with E-state index in [9.17, 15) is 4.79 Å². The van der Waals surface area contributed by atoms with Gasteiger partial charge in [-0.25, -0.2) is 9.78 Å². The van der Waals surface area contributed by atoms with E-state index in [4.69, 9.17) is 0 Å². The smallest absolute Gasteiger partial charge is 0.320 e. The van der Waals surface area contributed by atoms with Crippen molar-refractivity contribution in [3.8, 4) is 0 Å². The molecule has 25 heavy (non-hydrogen) atoms. The van der Waals surface area contributed by atoms with E-state index in [-0.39, 0.29) is 12.1 Å². The van der Waals surface area contributed by atoms with Crippen LogP contribution in [0.15, 0.2) is 49.4 Å². The summed E-state index contributed by atoms with van der Waals surface area (Å²) in [6.45, 7) is 3.18. The number of pyridine rings is 1. The van der Waals surface area contributed by atoms with Gasteiger partial charge in [-0.15, -0.1) is 0 Å². The number of anilines is 1. The van der Waals surface area contributed by atoms with Crippen LogP contribution >= 0.6 is 0 Å². The highest BCUT2D eigenvalue weighted by Gasteiger charge is 2.10. The summed E-state index contributed by atoms with van der Waals surface area (Å²) in [5.41, 5.74) is 1.19. The van der Waals surface area contributed by atoms with Gasteiger partial charge < -0.3 is 5.32 Å². The molecule has 0 radical (unpaired) electrons. The summed E-state index contributed by atoms with van der Waals surface area (Å²) in [5.74, 6) is 0.514. The van der Waals surface area contributed by atoms with E-state index in [0.717, 1.165) is 13.0 Å². The van der Waals surface area contributed by atoms with E-state index in [1.54, 1.807) is 34.2 Å². The Balaban J connectivity index is 1.45. The molecule has 3 heterocycles. The van der Waals surface area contributed by atoms with Crippen molar-refractivity contribution in [2.75, 3.05) is 5.32 Å². The van der Waals surface area contributed by atoms with E-state index in [0.29, 0.717) is 12.4 Å². The van der Waals surface area contributed by atoms with Crippen LogP contribution in [0.4, 0.5) is 10.6 Å². The Hall–Kier alpha value is -3.23. The summed E-state index contributed by atoms with van der Waals surface area (Å²) >= 11 is 0. The monoisotopic (exact) mass is 340 g/mol. The van der Waals surface area contributed by atoms with Crippen LogP contribution in [0.25, 0.3) is 0 Å². The van der Waals surface area contributed by atoms with Gasteiger partial charge in [0, 0.05) is 37.2 Å². The number of rotatable bonds is 7. The summed E-state index contributed by atoms with van der Waals surface area (Å²) < 4.78 is 3.47. The van der Waals surface area contributed by atoms with Crippen LogP contribution in [0.1, 0.15) is 12.5 Å². The Labute approximate surface area is 145 Å². The molecule has 130 valence electrons. The fourth-order valence-corrected chi connectivity index (χ4v) is 2.38. The van der Waals surface area contributed by atoms with Crippen LogP contribution in [-0.4, -0.2) is 41.6 Å². The third kappa shape index (κ3) is 5.13. The third-order valence-corrected chi connectivity index (χ3v) is 3.57. The maximum atomic E-state index is 12.0. The van der Waals surface area contributed by atoms with Crippen molar-refractivity contribution in [1.82, 2.24) is 34.8 Å². The Morgan fingerprint density at radius 3 is 2.80 bits per heavy atom. The Morgan fingerprint density at radius 2 is 2.04 bits per heavy atom. The number of aromatic nitrogens is 6. The molecule has 1 atom stereocenters. The van der Waals surface area contributed by atoms with E-state index in [1.165, 1.54) is 11.9 Å². The van der Waals surface area contributed by atoms with Crippen LogP contribution in [0.2, 0.25) is 0 Å². The van der Waals surface area contributed by atoms with Gasteiger partial charge in [0.25, 0.3) is 0 Å². The molecule has 0 aliphatic rings. The number of nitrogens with zero attached hydrogens (tertiary/aromatic N) is 6. The molecule has 0 spiro atoms. The Kier molecular flexibility index (Phi) is 5.35. The number of aryl methyl sites for hydroxylation is 2. The highest BCUT2D eigenvalue weighted by Crippen LogP contribution is 2.05. The first-order chi connectivity index (χ1) is 12.2. The highest BCUT2D eigenvalue weighted by atomic mass is 16.2. The average molecular weight is 340 g/mol. The molecule has 0 bridgehead atoms. The van der Waals surface area contributed by atoms with Crippen molar-refractivity contribution in [1.29, 1.82) is 0 Å². The minimum Gasteiger partial charge on any atom is -0.334 e. The van der Waals surface area contributed by atoms with Gasteiger partial charge in [-0.2, -0.15) is 10.2 Å². The molecule has 0 aromatic carbocycles. The third-order valence-electron chi connectivity index (χ3n) is 3.57. The number of carbonyl (C=O) groups excluding carboxylic acids is 1. The predicted octanol–water partition coefficient (Wildman–Crippen LogP) is 1.32. The van der Waals surface area contributed by atoms with Crippen molar-refractivity contribution in [3.63, 3.8) is 0 Å². The fourth-order valence-electron chi connectivity index (χ4n) is 2.38. The van der Waals surface area contributed by atoms with E-state index >= 15 is 0 Å². The normalized spacial score (nSPS) is 11.9. The number of carbonyl (C=O) groups is 1. The summed E-state index contributed by atoms with van der Waals surface area (Å²) in [6.07, 6.45) is 9.32. The minimum absolute atomic E-state index is 0.0875. The van der Waals surface area contributed by atoms with Gasteiger partial charge in [0.1, 0.15) is 12.7 Å². The summed E-state index contributed by atoms with van der Waals surface area (Å²) in [4.78, 5) is 19.9. The molecule has 9 heteroatoms. The largest absolute Gasteiger partial charge is 0.334 e. The van der Waals surface area contributed by atoms with Gasteiger partial charge in [0.15, 0.2) is 5.82 Å². The van der Waals surface area contributed by atoms with Gasteiger partial charge >= 0.3 is 6.03 Å². The lowest BCUT2D eigenvalue weighted by atomic mass is 10.2. The molecule has 0 saturated carbocycles. The summed E-state index contributed by atoms with van der Waals surface area (Å²) in [6, 6.07) is 5.34. The van der Waals surface area contributed by atoms with Crippen LogP contribution in [-0.2, 0) is 19.5 Å². The standard InChI is InChI=1S/C16H20N8O/c1-13(10-24-12-18-11-19-24)20-16(25)21-15-5-9-23(22-15)8-4-14-2-6-17-7-3-14/h2-3,5-7,9,11-13H,4,8,10H2,1H3,(H2,20,21,22,25)/t13-/m0/s1. The second kappa shape index (κ2) is 8.04. The van der Waals surface area contributed by atoms with Crippen molar-refractivity contribution in [2.24, 2.45) is 0 Å². The molecule has 3 aromatic rings. The molecular weight excluding hydrogens is 320 g/mol. The molecular formula is C16H20N8O. The molecule has 0 aliphatic carbocycles. The lowest BCUT2D eigenvalue weighted by molar-refractivity contribution is 0.247. The van der Waals surface area contributed by atoms with Gasteiger partial charge in [0.2, 0.25) is 0 Å². The first-order valence-electron chi connectivity index (χ1n) is 8.01. The lowest BCUT2D eigenvalue weighted by Gasteiger charge is -2.13. The van der Waals surface area contributed by atoms with Gasteiger partial charge in [-0.3, -0.25) is 19.7 Å². The zero-order chi connectivity index (χ0) is 17.5. The number of hydrogen-bond donors (Lipinski definition) is 2. The van der Waals surface area contributed by atoms with Crippen LogP contribution in [0.3, 0.4) is 0 Å². The van der Waals surface area contributed by atoms with E-state index in [1.807, 2.05) is 25.3 Å². The maximum Gasteiger partial charge on any atom is 0.320 e. The van der Waals surface area contributed by atoms with Crippen molar-refractivity contribution >= 4 is 11.8 Å². The second-order valence-electron chi connectivity index (χ2n) is 5.69. The number of amides is 2. The molecule has 2 amide bonds. The van der Waals surface area contributed by atoms with E-state index in [2.05, 4.69) is 30.8 Å². The first-order valence-corrected chi connectivity index (χ1v) is 8.01. The summed E-state index contributed by atoms with van der Waals surface area (Å²) in [7, 11) is 0. The molecule has 2 N–H and O–H groups in total.